The number of ether oxygens (including phenoxy) is 1. The maximum Gasteiger partial charge on any atom is 0.347 e. The highest BCUT2D eigenvalue weighted by molar-refractivity contribution is 4.99. The molecule has 0 spiro atoms. The van der Waals surface area contributed by atoms with E-state index in [1.165, 1.54) is 0 Å². The molecule has 1 aromatic heterocycles. The van der Waals surface area contributed by atoms with Gasteiger partial charge in [0.25, 0.3) is 0 Å². The van der Waals surface area contributed by atoms with Crippen molar-refractivity contribution in [1.82, 2.24) is 14.9 Å². The van der Waals surface area contributed by atoms with Gasteiger partial charge >= 0.3 is 5.69 Å². The molecule has 2 atom stereocenters. The number of aryl methyl sites for hydroxylation is 1. The van der Waals surface area contributed by atoms with E-state index in [1.54, 1.807) is 10.8 Å². The van der Waals surface area contributed by atoms with Crippen molar-refractivity contribution in [1.29, 1.82) is 0 Å². The second-order valence-electron chi connectivity index (χ2n) is 4.90. The molecule has 0 bridgehead atoms. The Labute approximate surface area is 107 Å². The summed E-state index contributed by atoms with van der Waals surface area (Å²) < 4.78 is 7.26. The van der Waals surface area contributed by atoms with Crippen LogP contribution in [0.2, 0.25) is 0 Å². The number of aromatic nitrogens is 2. The fourth-order valence-corrected chi connectivity index (χ4v) is 2.27. The second kappa shape index (κ2) is 6.11. The summed E-state index contributed by atoms with van der Waals surface area (Å²) in [4.78, 5) is 15.3. The first kappa shape index (κ1) is 13.2. The van der Waals surface area contributed by atoms with Crippen LogP contribution in [0.5, 0.6) is 0 Å². The van der Waals surface area contributed by atoms with Gasteiger partial charge < -0.3 is 10.1 Å². The Kier molecular flexibility index (Phi) is 4.49. The molecule has 0 saturated carbocycles. The fraction of sp³-hybridized carbons (Fsp3) is 0.692. The third kappa shape index (κ3) is 3.40. The Morgan fingerprint density at radius 3 is 3.22 bits per heavy atom. The zero-order valence-corrected chi connectivity index (χ0v) is 11.1. The first-order chi connectivity index (χ1) is 8.66. The molecule has 100 valence electrons. The average molecular weight is 251 g/mol. The van der Waals surface area contributed by atoms with Gasteiger partial charge in [0.15, 0.2) is 0 Å². The summed E-state index contributed by atoms with van der Waals surface area (Å²) in [5, 5.41) is 3.41. The number of hydrogen-bond acceptors (Lipinski definition) is 4. The third-order valence-corrected chi connectivity index (χ3v) is 3.33. The lowest BCUT2D eigenvalue weighted by Crippen LogP contribution is -2.39. The Morgan fingerprint density at radius 1 is 1.67 bits per heavy atom. The van der Waals surface area contributed by atoms with Gasteiger partial charge in [0.1, 0.15) is 0 Å². The summed E-state index contributed by atoms with van der Waals surface area (Å²) in [7, 11) is 0. The zero-order valence-electron chi connectivity index (χ0n) is 11.1. The van der Waals surface area contributed by atoms with Gasteiger partial charge in [-0.1, -0.05) is 0 Å². The van der Waals surface area contributed by atoms with Gasteiger partial charge in [0, 0.05) is 38.1 Å². The largest absolute Gasteiger partial charge is 0.377 e. The molecule has 2 unspecified atom stereocenters. The normalized spacial score (nSPS) is 21.1. The van der Waals surface area contributed by atoms with Crippen LogP contribution in [0.4, 0.5) is 0 Å². The van der Waals surface area contributed by atoms with Crippen LogP contribution in [-0.4, -0.2) is 34.8 Å². The van der Waals surface area contributed by atoms with Crippen molar-refractivity contribution in [2.75, 3.05) is 13.2 Å². The first-order valence-corrected chi connectivity index (χ1v) is 6.55. The number of hydrogen-bond donors (Lipinski definition) is 1. The first-order valence-electron chi connectivity index (χ1n) is 6.55. The Balaban J connectivity index is 1.80. The predicted octanol–water partition coefficient (Wildman–Crippen LogP) is 0.709. The van der Waals surface area contributed by atoms with E-state index in [0.29, 0.717) is 18.7 Å². The van der Waals surface area contributed by atoms with E-state index in [9.17, 15) is 4.79 Å². The monoisotopic (exact) mass is 251 g/mol. The van der Waals surface area contributed by atoms with Crippen LogP contribution in [0.1, 0.15) is 25.3 Å². The summed E-state index contributed by atoms with van der Waals surface area (Å²) >= 11 is 0. The van der Waals surface area contributed by atoms with E-state index in [1.807, 2.05) is 13.1 Å². The van der Waals surface area contributed by atoms with Crippen molar-refractivity contribution in [3.05, 3.63) is 28.4 Å². The second-order valence-corrected chi connectivity index (χ2v) is 4.90. The van der Waals surface area contributed by atoms with E-state index in [0.717, 1.165) is 31.6 Å². The molecule has 5 nitrogen and oxygen atoms in total. The molecule has 1 saturated heterocycles. The molecule has 5 heteroatoms. The summed E-state index contributed by atoms with van der Waals surface area (Å²) in [5.74, 6) is 0. The minimum Gasteiger partial charge on any atom is -0.377 e. The molecular formula is C13H21N3O2. The van der Waals surface area contributed by atoms with Crippen LogP contribution in [0.15, 0.2) is 17.2 Å². The molecule has 1 aliphatic heterocycles. The fourth-order valence-electron chi connectivity index (χ4n) is 2.27. The van der Waals surface area contributed by atoms with Crippen molar-refractivity contribution < 1.29 is 4.74 Å². The summed E-state index contributed by atoms with van der Waals surface area (Å²) in [6.45, 7) is 6.34. The Hall–Kier alpha value is -1.20. The molecule has 1 fully saturated rings. The molecule has 2 rings (SSSR count). The van der Waals surface area contributed by atoms with E-state index in [-0.39, 0.29) is 5.69 Å². The zero-order chi connectivity index (χ0) is 13.0. The quantitative estimate of drug-likeness (QED) is 0.837. The Morgan fingerprint density at radius 2 is 2.50 bits per heavy atom. The van der Waals surface area contributed by atoms with E-state index < -0.39 is 0 Å². The lowest BCUT2D eigenvalue weighted by atomic mass is 10.1. The SMILES string of the molecule is Cc1cnc(=O)n(CCNC(C)C2CCCO2)c1. The maximum atomic E-state index is 11.5. The molecule has 18 heavy (non-hydrogen) atoms. The van der Waals surface area contributed by atoms with Crippen molar-refractivity contribution in [2.45, 2.75) is 45.4 Å². The van der Waals surface area contributed by atoms with Gasteiger partial charge in [-0.2, -0.15) is 0 Å². The van der Waals surface area contributed by atoms with Crippen molar-refractivity contribution in [2.24, 2.45) is 0 Å². The van der Waals surface area contributed by atoms with Gasteiger partial charge in [-0.3, -0.25) is 4.57 Å². The van der Waals surface area contributed by atoms with Crippen LogP contribution >= 0.6 is 0 Å². The van der Waals surface area contributed by atoms with Gasteiger partial charge in [-0.05, 0) is 32.3 Å². The highest BCUT2D eigenvalue weighted by Crippen LogP contribution is 2.15. The van der Waals surface area contributed by atoms with Crippen LogP contribution in [0.3, 0.4) is 0 Å². The van der Waals surface area contributed by atoms with Gasteiger partial charge in [-0.15, -0.1) is 0 Å². The predicted molar refractivity (Wildman–Crippen MR) is 69.7 cm³/mol. The van der Waals surface area contributed by atoms with E-state index in [4.69, 9.17) is 4.74 Å². The van der Waals surface area contributed by atoms with Crippen LogP contribution in [0, 0.1) is 6.92 Å². The smallest absolute Gasteiger partial charge is 0.347 e. The third-order valence-electron chi connectivity index (χ3n) is 3.33. The number of rotatable bonds is 5. The van der Waals surface area contributed by atoms with Crippen LogP contribution in [-0.2, 0) is 11.3 Å². The summed E-state index contributed by atoms with van der Waals surface area (Å²) in [5.41, 5.74) is 0.814. The van der Waals surface area contributed by atoms with Crippen molar-refractivity contribution in [3.63, 3.8) is 0 Å². The molecule has 0 aromatic carbocycles. The standard InChI is InChI=1S/C13H21N3O2/c1-10-8-15-13(17)16(9-10)6-5-14-11(2)12-4-3-7-18-12/h8-9,11-12,14H,3-7H2,1-2H3. The number of nitrogens with one attached hydrogen (secondary N) is 1. The molecule has 1 aromatic rings. The minimum atomic E-state index is -0.188. The molecule has 0 aliphatic carbocycles. The topological polar surface area (TPSA) is 56.2 Å². The van der Waals surface area contributed by atoms with Crippen molar-refractivity contribution in [3.8, 4) is 0 Å². The maximum absolute atomic E-state index is 11.5. The lowest BCUT2D eigenvalue weighted by Gasteiger charge is -2.20. The Bertz CT molecular complexity index is 438. The number of nitrogens with zero attached hydrogens (tertiary/aromatic N) is 2. The summed E-state index contributed by atoms with van der Waals surface area (Å²) in [6.07, 6.45) is 6.03. The van der Waals surface area contributed by atoms with Crippen molar-refractivity contribution >= 4 is 0 Å². The van der Waals surface area contributed by atoms with Gasteiger partial charge in [0.05, 0.1) is 6.10 Å². The van der Waals surface area contributed by atoms with E-state index >= 15 is 0 Å². The van der Waals surface area contributed by atoms with Gasteiger partial charge in [0.2, 0.25) is 0 Å². The van der Waals surface area contributed by atoms with Crippen LogP contribution in [0.25, 0.3) is 0 Å². The van der Waals surface area contributed by atoms with Crippen LogP contribution < -0.4 is 11.0 Å². The van der Waals surface area contributed by atoms with E-state index in [2.05, 4.69) is 17.2 Å². The molecule has 2 heterocycles. The highest BCUT2D eigenvalue weighted by atomic mass is 16.5. The molecular weight excluding hydrogens is 230 g/mol. The molecule has 0 radical (unpaired) electrons. The minimum absolute atomic E-state index is 0.188. The average Bonchev–Trinajstić information content (AvgIpc) is 2.87. The summed E-state index contributed by atoms with van der Waals surface area (Å²) in [6, 6.07) is 0.334. The molecule has 1 N–H and O–H groups in total. The highest BCUT2D eigenvalue weighted by Gasteiger charge is 2.21. The molecule has 0 amide bonds. The molecule has 1 aliphatic rings. The van der Waals surface area contributed by atoms with Gasteiger partial charge in [-0.25, -0.2) is 9.78 Å². The lowest BCUT2D eigenvalue weighted by molar-refractivity contribution is 0.0835.